The summed E-state index contributed by atoms with van der Waals surface area (Å²) in [5.41, 5.74) is 6.10. The predicted octanol–water partition coefficient (Wildman–Crippen LogP) is 2.43. The van der Waals surface area contributed by atoms with Crippen LogP contribution >= 0.6 is 11.6 Å². The quantitative estimate of drug-likeness (QED) is 0.827. The molecule has 21 heavy (non-hydrogen) atoms. The van der Waals surface area contributed by atoms with E-state index in [2.05, 4.69) is 10.1 Å². The average molecular weight is 309 g/mol. The van der Waals surface area contributed by atoms with Crippen LogP contribution in [0.15, 0.2) is 34.7 Å². The number of furan rings is 1. The minimum atomic E-state index is -0.546. The Labute approximate surface area is 125 Å². The Kier molecular flexibility index (Phi) is 4.49. The van der Waals surface area contributed by atoms with Gasteiger partial charge in [0.25, 0.3) is 0 Å². The van der Waals surface area contributed by atoms with Crippen molar-refractivity contribution in [2.45, 2.75) is 6.54 Å². The number of rotatable bonds is 5. The minimum Gasteiger partial charge on any atom is -0.463 e. The van der Waals surface area contributed by atoms with Gasteiger partial charge in [-0.3, -0.25) is 4.79 Å². The largest absolute Gasteiger partial charge is 0.463 e. The van der Waals surface area contributed by atoms with E-state index in [0.717, 1.165) is 0 Å². The van der Waals surface area contributed by atoms with Crippen LogP contribution in [0.25, 0.3) is 0 Å². The van der Waals surface area contributed by atoms with Gasteiger partial charge in [-0.1, -0.05) is 11.6 Å². The molecule has 0 spiro atoms. The molecule has 0 fully saturated rings. The third-order valence-electron chi connectivity index (χ3n) is 2.75. The van der Waals surface area contributed by atoms with E-state index in [1.54, 1.807) is 18.2 Å². The highest BCUT2D eigenvalue weighted by molar-refractivity contribution is 6.33. The molecule has 0 aliphatic rings. The van der Waals surface area contributed by atoms with Gasteiger partial charge in [0.05, 0.1) is 24.4 Å². The number of benzene rings is 1. The number of ether oxygens (including phenoxy) is 1. The first-order chi connectivity index (χ1) is 10.0. The van der Waals surface area contributed by atoms with E-state index < -0.39 is 11.9 Å². The van der Waals surface area contributed by atoms with Crippen LogP contribution in [-0.2, 0) is 11.3 Å². The van der Waals surface area contributed by atoms with Gasteiger partial charge in [0.2, 0.25) is 11.7 Å². The lowest BCUT2D eigenvalue weighted by Gasteiger charge is -2.08. The molecule has 1 heterocycles. The lowest BCUT2D eigenvalue weighted by molar-refractivity contribution is 0.0563. The molecule has 0 saturated carbocycles. The van der Waals surface area contributed by atoms with E-state index in [4.69, 9.17) is 21.8 Å². The van der Waals surface area contributed by atoms with Gasteiger partial charge < -0.3 is 20.2 Å². The second-order valence-electron chi connectivity index (χ2n) is 4.17. The van der Waals surface area contributed by atoms with E-state index in [-0.39, 0.29) is 5.76 Å². The van der Waals surface area contributed by atoms with Crippen molar-refractivity contribution in [2.75, 3.05) is 12.4 Å². The summed E-state index contributed by atoms with van der Waals surface area (Å²) in [6.07, 6.45) is 0. The van der Waals surface area contributed by atoms with Crippen molar-refractivity contribution in [1.82, 2.24) is 0 Å². The fourth-order valence-electron chi connectivity index (χ4n) is 1.68. The molecule has 2 rings (SSSR count). The normalized spacial score (nSPS) is 10.2. The summed E-state index contributed by atoms with van der Waals surface area (Å²) in [5.74, 6) is -0.446. The predicted molar refractivity (Wildman–Crippen MR) is 77.3 cm³/mol. The summed E-state index contributed by atoms with van der Waals surface area (Å²) < 4.78 is 9.85. The van der Waals surface area contributed by atoms with Crippen LogP contribution in [0.1, 0.15) is 26.7 Å². The number of halogens is 1. The van der Waals surface area contributed by atoms with Crippen molar-refractivity contribution in [3.8, 4) is 0 Å². The van der Waals surface area contributed by atoms with Crippen molar-refractivity contribution >= 4 is 29.2 Å². The van der Waals surface area contributed by atoms with Crippen molar-refractivity contribution < 1.29 is 18.7 Å². The number of carbonyl (C=O) groups excluding carboxylic acids is 2. The van der Waals surface area contributed by atoms with Gasteiger partial charge >= 0.3 is 5.97 Å². The molecule has 1 aromatic heterocycles. The molecule has 7 heteroatoms. The first-order valence-electron chi connectivity index (χ1n) is 6.01. The van der Waals surface area contributed by atoms with Crippen molar-refractivity contribution in [3.63, 3.8) is 0 Å². The maximum absolute atomic E-state index is 11.3. The Morgan fingerprint density at radius 2 is 2.10 bits per heavy atom. The van der Waals surface area contributed by atoms with E-state index in [1.165, 1.54) is 19.2 Å². The maximum Gasteiger partial charge on any atom is 0.373 e. The van der Waals surface area contributed by atoms with Gasteiger partial charge in [0.15, 0.2) is 0 Å². The molecule has 0 atom stereocenters. The summed E-state index contributed by atoms with van der Waals surface area (Å²) in [6.45, 7) is 0.291. The first-order valence-corrected chi connectivity index (χ1v) is 6.39. The number of nitrogens with one attached hydrogen (secondary N) is 1. The summed E-state index contributed by atoms with van der Waals surface area (Å²) >= 11 is 6.03. The molecule has 1 amide bonds. The van der Waals surface area contributed by atoms with Crippen LogP contribution in [0.5, 0.6) is 0 Å². The molecular formula is C14H13ClN2O4. The summed E-state index contributed by atoms with van der Waals surface area (Å²) in [4.78, 5) is 22.4. The van der Waals surface area contributed by atoms with E-state index in [1.807, 2.05) is 0 Å². The van der Waals surface area contributed by atoms with E-state index >= 15 is 0 Å². The third-order valence-corrected chi connectivity index (χ3v) is 3.08. The van der Waals surface area contributed by atoms with Gasteiger partial charge in [-0.25, -0.2) is 4.79 Å². The summed E-state index contributed by atoms with van der Waals surface area (Å²) in [6, 6.07) is 7.83. The Morgan fingerprint density at radius 1 is 1.33 bits per heavy atom. The molecule has 0 aliphatic carbocycles. The number of amides is 1. The highest BCUT2D eigenvalue weighted by Crippen LogP contribution is 2.24. The standard InChI is InChI=1S/C14H13ClN2O4/c1-20-14(19)12-5-3-9(21-12)7-17-11-6-8(13(16)18)2-4-10(11)15/h2-6,17H,7H2,1H3,(H2,16,18). The summed E-state index contributed by atoms with van der Waals surface area (Å²) in [7, 11) is 1.28. The molecule has 2 aromatic rings. The van der Waals surface area contributed by atoms with Crippen LogP contribution in [0.4, 0.5) is 5.69 Å². The molecule has 0 aliphatic heterocycles. The van der Waals surface area contributed by atoms with Gasteiger partial charge in [-0.2, -0.15) is 0 Å². The van der Waals surface area contributed by atoms with E-state index in [0.29, 0.717) is 28.6 Å². The molecule has 0 radical (unpaired) electrons. The molecule has 6 nitrogen and oxygen atoms in total. The molecule has 0 bridgehead atoms. The van der Waals surface area contributed by atoms with Gasteiger partial charge in [-0.15, -0.1) is 0 Å². The second kappa shape index (κ2) is 6.32. The Hall–Kier alpha value is -2.47. The van der Waals surface area contributed by atoms with Gasteiger partial charge in [0.1, 0.15) is 5.76 Å². The zero-order valence-electron chi connectivity index (χ0n) is 11.2. The number of esters is 1. The van der Waals surface area contributed by atoms with Gasteiger partial charge in [-0.05, 0) is 30.3 Å². The zero-order valence-corrected chi connectivity index (χ0v) is 11.9. The van der Waals surface area contributed by atoms with Crippen molar-refractivity contribution in [1.29, 1.82) is 0 Å². The van der Waals surface area contributed by atoms with Crippen LogP contribution < -0.4 is 11.1 Å². The van der Waals surface area contributed by atoms with Crippen LogP contribution in [-0.4, -0.2) is 19.0 Å². The third kappa shape index (κ3) is 3.55. The fraction of sp³-hybridized carbons (Fsp3) is 0.143. The number of hydrogen-bond donors (Lipinski definition) is 2. The highest BCUT2D eigenvalue weighted by atomic mass is 35.5. The van der Waals surface area contributed by atoms with Gasteiger partial charge in [0, 0.05) is 5.56 Å². The lowest BCUT2D eigenvalue weighted by atomic mass is 10.2. The fourth-order valence-corrected chi connectivity index (χ4v) is 1.86. The minimum absolute atomic E-state index is 0.117. The number of carbonyl (C=O) groups is 2. The van der Waals surface area contributed by atoms with E-state index in [9.17, 15) is 9.59 Å². The van der Waals surface area contributed by atoms with Crippen LogP contribution in [0.3, 0.4) is 0 Å². The first kappa shape index (κ1) is 14.9. The molecule has 3 N–H and O–H groups in total. The topological polar surface area (TPSA) is 94.6 Å². The smallest absolute Gasteiger partial charge is 0.373 e. The number of anilines is 1. The number of nitrogens with two attached hydrogens (primary N) is 1. The summed E-state index contributed by atoms with van der Waals surface area (Å²) in [5, 5.41) is 3.45. The Morgan fingerprint density at radius 3 is 2.76 bits per heavy atom. The maximum atomic E-state index is 11.3. The molecular weight excluding hydrogens is 296 g/mol. The lowest BCUT2D eigenvalue weighted by Crippen LogP contribution is -2.11. The van der Waals surface area contributed by atoms with Crippen molar-refractivity contribution in [2.24, 2.45) is 5.73 Å². The molecule has 1 aromatic carbocycles. The SMILES string of the molecule is COC(=O)c1ccc(CNc2cc(C(N)=O)ccc2Cl)o1. The monoisotopic (exact) mass is 308 g/mol. The molecule has 110 valence electrons. The van der Waals surface area contributed by atoms with Crippen molar-refractivity contribution in [3.05, 3.63) is 52.4 Å². The molecule has 0 saturated heterocycles. The van der Waals surface area contributed by atoms with Crippen LogP contribution in [0.2, 0.25) is 5.02 Å². The number of primary amides is 1. The van der Waals surface area contributed by atoms with Crippen LogP contribution in [0, 0.1) is 0 Å². The Balaban J connectivity index is 2.09. The molecule has 0 unspecified atom stereocenters. The number of hydrogen-bond acceptors (Lipinski definition) is 5. The number of methoxy groups -OCH3 is 1. The Bertz CT molecular complexity index is 681. The highest BCUT2D eigenvalue weighted by Gasteiger charge is 2.11. The second-order valence-corrected chi connectivity index (χ2v) is 4.58. The average Bonchev–Trinajstić information content (AvgIpc) is 2.94. The zero-order chi connectivity index (χ0) is 15.4.